The number of carbonyl (C=O) groups excluding carboxylic acids is 2. The summed E-state index contributed by atoms with van der Waals surface area (Å²) < 4.78 is 18.9. The highest BCUT2D eigenvalue weighted by Crippen LogP contribution is 2.44. The summed E-state index contributed by atoms with van der Waals surface area (Å²) >= 11 is 3.93. The summed E-state index contributed by atoms with van der Waals surface area (Å²) in [6.45, 7) is 0. The van der Waals surface area contributed by atoms with E-state index in [2.05, 4.69) is 8.75 Å². The number of aromatic nitrogens is 2. The van der Waals surface area contributed by atoms with Crippen molar-refractivity contribution in [2.24, 2.45) is 0 Å². The summed E-state index contributed by atoms with van der Waals surface area (Å²) in [7, 11) is 2.58. The molecular formula is C18H12N2O4S3. The van der Waals surface area contributed by atoms with Gasteiger partial charge < -0.3 is 9.47 Å². The standard InChI is InChI=1S/C18H12N2O4S3/c1-23-17(21)13-11(9-5-3-7-25-9)15-16(20-27-19-15)12(10-6-4-8-26-10)14(13)18(22)24-2/h3-8H,1-2H3. The van der Waals surface area contributed by atoms with Crippen LogP contribution in [0.15, 0.2) is 35.0 Å². The molecule has 0 radical (unpaired) electrons. The van der Waals surface area contributed by atoms with Crippen LogP contribution in [0.25, 0.3) is 31.9 Å². The summed E-state index contributed by atoms with van der Waals surface area (Å²) in [5.41, 5.74) is 2.52. The van der Waals surface area contributed by atoms with E-state index < -0.39 is 11.9 Å². The van der Waals surface area contributed by atoms with Crippen LogP contribution in [0, 0.1) is 0 Å². The van der Waals surface area contributed by atoms with Gasteiger partial charge in [0.05, 0.1) is 37.1 Å². The molecule has 4 aromatic rings. The lowest BCUT2D eigenvalue weighted by Crippen LogP contribution is -2.15. The summed E-state index contributed by atoms with van der Waals surface area (Å²) in [5.74, 6) is -1.24. The molecule has 0 saturated carbocycles. The van der Waals surface area contributed by atoms with Gasteiger partial charge in [-0.05, 0) is 22.9 Å². The van der Waals surface area contributed by atoms with Crippen LogP contribution >= 0.6 is 34.4 Å². The van der Waals surface area contributed by atoms with E-state index >= 15 is 0 Å². The number of esters is 2. The fraction of sp³-hybridized carbons (Fsp3) is 0.111. The largest absolute Gasteiger partial charge is 0.465 e. The van der Waals surface area contributed by atoms with Gasteiger partial charge in [-0.3, -0.25) is 0 Å². The number of benzene rings is 1. The van der Waals surface area contributed by atoms with Crippen molar-refractivity contribution in [1.82, 2.24) is 8.75 Å². The Labute approximate surface area is 166 Å². The molecule has 0 N–H and O–H groups in total. The quantitative estimate of drug-likeness (QED) is 0.448. The first kappa shape index (κ1) is 17.8. The van der Waals surface area contributed by atoms with Crippen molar-refractivity contribution in [3.8, 4) is 20.9 Å². The first-order valence-electron chi connectivity index (χ1n) is 7.74. The lowest BCUT2D eigenvalue weighted by Gasteiger charge is -2.16. The van der Waals surface area contributed by atoms with Crippen LogP contribution in [-0.4, -0.2) is 34.9 Å². The maximum Gasteiger partial charge on any atom is 0.339 e. The Morgan fingerprint density at radius 2 is 1.26 bits per heavy atom. The van der Waals surface area contributed by atoms with E-state index in [1.165, 1.54) is 36.9 Å². The summed E-state index contributed by atoms with van der Waals surface area (Å²) in [6, 6.07) is 7.49. The van der Waals surface area contributed by atoms with Gasteiger partial charge >= 0.3 is 11.9 Å². The monoisotopic (exact) mass is 416 g/mol. The highest BCUT2D eigenvalue weighted by atomic mass is 32.1. The van der Waals surface area contributed by atoms with Gasteiger partial charge in [-0.15, -0.1) is 22.7 Å². The van der Waals surface area contributed by atoms with Crippen molar-refractivity contribution >= 4 is 57.4 Å². The Morgan fingerprint density at radius 1 is 0.815 bits per heavy atom. The van der Waals surface area contributed by atoms with Gasteiger partial charge in [-0.2, -0.15) is 8.75 Å². The number of nitrogens with zero attached hydrogens (tertiary/aromatic N) is 2. The molecule has 0 spiro atoms. The first-order chi connectivity index (χ1) is 13.2. The fourth-order valence-corrected chi connectivity index (χ4v) is 5.05. The van der Waals surface area contributed by atoms with Gasteiger partial charge in [0.15, 0.2) is 0 Å². The summed E-state index contributed by atoms with van der Waals surface area (Å²) in [4.78, 5) is 27.2. The van der Waals surface area contributed by atoms with Gasteiger partial charge in [0.25, 0.3) is 0 Å². The van der Waals surface area contributed by atoms with Gasteiger partial charge in [0.2, 0.25) is 0 Å². The van der Waals surface area contributed by atoms with Crippen LogP contribution in [0.3, 0.4) is 0 Å². The number of thiophene rings is 2. The van der Waals surface area contributed by atoms with Crippen LogP contribution in [0.2, 0.25) is 0 Å². The summed E-state index contributed by atoms with van der Waals surface area (Å²) in [5, 5.41) is 3.79. The van der Waals surface area contributed by atoms with Crippen molar-refractivity contribution in [1.29, 1.82) is 0 Å². The maximum atomic E-state index is 12.8. The van der Waals surface area contributed by atoms with Gasteiger partial charge in [-0.1, -0.05) is 12.1 Å². The second kappa shape index (κ2) is 7.18. The maximum absolute atomic E-state index is 12.8. The van der Waals surface area contributed by atoms with E-state index in [0.29, 0.717) is 22.2 Å². The zero-order valence-corrected chi connectivity index (χ0v) is 16.7. The molecule has 0 aliphatic heterocycles. The highest BCUT2D eigenvalue weighted by Gasteiger charge is 2.33. The zero-order valence-electron chi connectivity index (χ0n) is 14.2. The molecule has 0 aliphatic rings. The van der Waals surface area contributed by atoms with Crippen LogP contribution < -0.4 is 0 Å². The van der Waals surface area contributed by atoms with Gasteiger partial charge in [0, 0.05) is 20.9 Å². The highest BCUT2D eigenvalue weighted by molar-refractivity contribution is 7.14. The lowest BCUT2D eigenvalue weighted by atomic mass is 9.92. The summed E-state index contributed by atoms with van der Waals surface area (Å²) in [6.07, 6.45) is 0. The normalized spacial score (nSPS) is 10.9. The molecule has 9 heteroatoms. The molecule has 1 aromatic carbocycles. The van der Waals surface area contributed by atoms with Crippen LogP contribution in [0.4, 0.5) is 0 Å². The number of rotatable bonds is 4. The average molecular weight is 417 g/mol. The SMILES string of the molecule is COC(=O)c1c(C(=O)OC)c(-c2cccs2)c2nsnc2c1-c1cccs1. The van der Waals surface area contributed by atoms with Crippen molar-refractivity contribution in [3.05, 3.63) is 46.2 Å². The Morgan fingerprint density at radius 3 is 1.59 bits per heavy atom. The number of ether oxygens (including phenoxy) is 2. The minimum absolute atomic E-state index is 0.149. The number of carbonyl (C=O) groups is 2. The van der Waals surface area contributed by atoms with Gasteiger partial charge in [-0.25, -0.2) is 9.59 Å². The smallest absolute Gasteiger partial charge is 0.339 e. The minimum Gasteiger partial charge on any atom is -0.465 e. The average Bonchev–Trinajstić information content (AvgIpc) is 3.46. The van der Waals surface area contributed by atoms with Gasteiger partial charge in [0.1, 0.15) is 11.0 Å². The van der Waals surface area contributed by atoms with E-state index in [0.717, 1.165) is 21.5 Å². The Kier molecular flexibility index (Phi) is 4.73. The second-order valence-corrected chi connectivity index (χ2v) is 7.82. The molecule has 0 fully saturated rings. The topological polar surface area (TPSA) is 78.4 Å². The number of methoxy groups -OCH3 is 2. The predicted molar refractivity (Wildman–Crippen MR) is 107 cm³/mol. The Hall–Kier alpha value is -2.62. The molecule has 3 heterocycles. The van der Waals surface area contributed by atoms with E-state index in [1.807, 2.05) is 35.0 Å². The van der Waals surface area contributed by atoms with Crippen molar-refractivity contribution in [2.75, 3.05) is 14.2 Å². The third-order valence-electron chi connectivity index (χ3n) is 4.03. The van der Waals surface area contributed by atoms with Crippen LogP contribution in [0.1, 0.15) is 20.7 Å². The molecule has 27 heavy (non-hydrogen) atoms. The first-order valence-corrected chi connectivity index (χ1v) is 10.2. The number of hydrogen-bond donors (Lipinski definition) is 0. The molecule has 4 rings (SSSR count). The Bertz CT molecular complexity index is 1040. The van der Waals surface area contributed by atoms with Crippen molar-refractivity contribution in [2.45, 2.75) is 0 Å². The van der Waals surface area contributed by atoms with Crippen LogP contribution in [0.5, 0.6) is 0 Å². The van der Waals surface area contributed by atoms with E-state index in [9.17, 15) is 9.59 Å². The van der Waals surface area contributed by atoms with E-state index in [-0.39, 0.29) is 11.1 Å². The molecule has 0 unspecified atom stereocenters. The molecule has 0 amide bonds. The van der Waals surface area contributed by atoms with Crippen molar-refractivity contribution < 1.29 is 19.1 Å². The minimum atomic E-state index is -0.619. The Balaban J connectivity index is 2.24. The molecule has 0 aliphatic carbocycles. The van der Waals surface area contributed by atoms with Crippen LogP contribution in [-0.2, 0) is 9.47 Å². The van der Waals surface area contributed by atoms with E-state index in [4.69, 9.17) is 9.47 Å². The fourth-order valence-electron chi connectivity index (χ4n) is 2.94. The third kappa shape index (κ3) is 2.84. The predicted octanol–water partition coefficient (Wildman–Crippen LogP) is 4.72. The lowest BCUT2D eigenvalue weighted by molar-refractivity contribution is 0.0557. The molecule has 0 atom stereocenters. The third-order valence-corrected chi connectivity index (χ3v) is 6.33. The molecule has 3 aromatic heterocycles. The zero-order chi connectivity index (χ0) is 19.0. The molecule has 0 saturated heterocycles. The molecular weight excluding hydrogens is 404 g/mol. The molecule has 0 bridgehead atoms. The van der Waals surface area contributed by atoms with Crippen molar-refractivity contribution in [3.63, 3.8) is 0 Å². The van der Waals surface area contributed by atoms with E-state index in [1.54, 1.807) is 0 Å². The molecule has 136 valence electrons. The number of fused-ring (bicyclic) bond motifs is 1. The molecule has 6 nitrogen and oxygen atoms in total. The second-order valence-electron chi connectivity index (χ2n) is 5.40. The number of hydrogen-bond acceptors (Lipinski definition) is 9.